The number of ether oxygens (including phenoxy) is 1. The second-order valence-corrected chi connectivity index (χ2v) is 8.46. The van der Waals surface area contributed by atoms with E-state index in [-0.39, 0.29) is 17.4 Å². The van der Waals surface area contributed by atoms with Crippen molar-refractivity contribution in [3.63, 3.8) is 0 Å². The van der Waals surface area contributed by atoms with E-state index in [2.05, 4.69) is 15.3 Å². The van der Waals surface area contributed by atoms with Crippen LogP contribution in [0.4, 0.5) is 0 Å². The van der Waals surface area contributed by atoms with Gasteiger partial charge in [-0.1, -0.05) is 12.1 Å². The molecule has 0 unspecified atom stereocenters. The van der Waals surface area contributed by atoms with Crippen LogP contribution in [0.2, 0.25) is 0 Å². The van der Waals surface area contributed by atoms with E-state index in [0.29, 0.717) is 35.2 Å². The molecule has 1 aliphatic carbocycles. The topological polar surface area (TPSA) is 94.3 Å². The summed E-state index contributed by atoms with van der Waals surface area (Å²) in [4.78, 5) is 33.2. The van der Waals surface area contributed by atoms with Crippen LogP contribution in [0, 0.1) is 5.92 Å². The number of amides is 1. The Bertz CT molecular complexity index is 1050. The van der Waals surface area contributed by atoms with Gasteiger partial charge in [0.1, 0.15) is 6.26 Å². The van der Waals surface area contributed by atoms with Gasteiger partial charge in [-0.15, -0.1) is 0 Å². The molecule has 1 aliphatic rings. The van der Waals surface area contributed by atoms with Crippen LogP contribution in [-0.4, -0.2) is 41.4 Å². The number of carbonyl (C=O) groups is 2. The minimum atomic E-state index is -0.239. The molecule has 2 aromatic heterocycles. The van der Waals surface area contributed by atoms with Crippen molar-refractivity contribution in [2.24, 2.45) is 5.92 Å². The first kappa shape index (κ1) is 22.9. The fraction of sp³-hybridized carbons (Fsp3) is 0.385. The summed E-state index contributed by atoms with van der Waals surface area (Å²) in [6.45, 7) is 0.621. The highest BCUT2D eigenvalue weighted by molar-refractivity contribution is 6.08. The molecular weight excluding hydrogens is 418 g/mol. The predicted octanol–water partition coefficient (Wildman–Crippen LogP) is 4.68. The number of benzene rings is 1. The van der Waals surface area contributed by atoms with Crippen molar-refractivity contribution in [1.29, 1.82) is 0 Å². The zero-order valence-corrected chi connectivity index (χ0v) is 18.8. The molecule has 0 bridgehead atoms. The summed E-state index contributed by atoms with van der Waals surface area (Å²) in [6, 6.07) is 10.4. The number of pyridine rings is 1. The molecule has 7 heteroatoms. The SMILES string of the molecule is COC1CCC(CCCNC(=O)c2coc(-c3ccc(C(=O)c4cccnc4)cc3)n2)CC1. The van der Waals surface area contributed by atoms with Gasteiger partial charge in [0.15, 0.2) is 11.5 Å². The van der Waals surface area contributed by atoms with Gasteiger partial charge < -0.3 is 14.5 Å². The Morgan fingerprint density at radius 2 is 1.88 bits per heavy atom. The summed E-state index contributed by atoms with van der Waals surface area (Å²) >= 11 is 0. The molecule has 7 nitrogen and oxygen atoms in total. The van der Waals surface area contributed by atoms with Crippen LogP contribution >= 0.6 is 0 Å². The minimum absolute atomic E-state index is 0.103. The first-order valence-electron chi connectivity index (χ1n) is 11.5. The van der Waals surface area contributed by atoms with Gasteiger partial charge in [0, 0.05) is 42.7 Å². The van der Waals surface area contributed by atoms with Crippen LogP contribution < -0.4 is 5.32 Å². The largest absolute Gasteiger partial charge is 0.444 e. The Morgan fingerprint density at radius 1 is 1.09 bits per heavy atom. The standard InChI is InChI=1S/C26H29N3O4/c1-32-22-12-6-18(7-13-22)4-2-15-28-25(31)23-17-33-26(29-23)20-10-8-19(9-11-20)24(30)21-5-3-14-27-16-21/h3,5,8-11,14,16-18,22H,2,4,6-7,12-13,15H2,1H3,(H,28,31). The van der Waals surface area contributed by atoms with Gasteiger partial charge in [0.2, 0.25) is 5.89 Å². The third-order valence-corrected chi connectivity index (χ3v) is 6.26. The minimum Gasteiger partial charge on any atom is -0.444 e. The van der Waals surface area contributed by atoms with E-state index in [0.717, 1.165) is 31.6 Å². The lowest BCUT2D eigenvalue weighted by atomic mass is 9.84. The molecule has 172 valence electrons. The van der Waals surface area contributed by atoms with Crippen LogP contribution in [0.3, 0.4) is 0 Å². The Morgan fingerprint density at radius 3 is 2.58 bits per heavy atom. The van der Waals surface area contributed by atoms with E-state index in [1.807, 2.05) is 0 Å². The monoisotopic (exact) mass is 447 g/mol. The average Bonchev–Trinajstić information content (AvgIpc) is 3.38. The first-order chi connectivity index (χ1) is 16.1. The summed E-state index contributed by atoms with van der Waals surface area (Å²) in [5.41, 5.74) is 2.03. The molecule has 4 rings (SSSR count). The van der Waals surface area contributed by atoms with Crippen molar-refractivity contribution < 1.29 is 18.7 Å². The number of ketones is 1. The van der Waals surface area contributed by atoms with E-state index >= 15 is 0 Å². The third-order valence-electron chi connectivity index (χ3n) is 6.26. The van der Waals surface area contributed by atoms with E-state index in [4.69, 9.17) is 9.15 Å². The fourth-order valence-electron chi connectivity index (χ4n) is 4.28. The number of methoxy groups -OCH3 is 1. The molecule has 0 spiro atoms. The van der Waals surface area contributed by atoms with Crippen molar-refractivity contribution in [2.45, 2.75) is 44.6 Å². The maximum Gasteiger partial charge on any atom is 0.273 e. The molecule has 1 N–H and O–H groups in total. The van der Waals surface area contributed by atoms with Gasteiger partial charge in [0.25, 0.3) is 5.91 Å². The number of rotatable bonds is 9. The summed E-state index contributed by atoms with van der Waals surface area (Å²) in [6.07, 6.45) is 11.7. The van der Waals surface area contributed by atoms with E-state index < -0.39 is 0 Å². The fourth-order valence-corrected chi connectivity index (χ4v) is 4.28. The molecule has 1 amide bonds. The first-order valence-corrected chi connectivity index (χ1v) is 11.5. The lowest BCUT2D eigenvalue weighted by molar-refractivity contribution is 0.0552. The predicted molar refractivity (Wildman–Crippen MR) is 124 cm³/mol. The quantitative estimate of drug-likeness (QED) is 0.378. The van der Waals surface area contributed by atoms with Crippen molar-refractivity contribution in [2.75, 3.05) is 13.7 Å². The highest BCUT2D eigenvalue weighted by Crippen LogP contribution is 2.29. The van der Waals surface area contributed by atoms with Gasteiger partial charge in [-0.2, -0.15) is 0 Å². The summed E-state index contributed by atoms with van der Waals surface area (Å²) in [5.74, 6) is 0.723. The van der Waals surface area contributed by atoms with Gasteiger partial charge in [0.05, 0.1) is 6.10 Å². The maximum absolute atomic E-state index is 12.5. The molecule has 33 heavy (non-hydrogen) atoms. The molecule has 1 aromatic carbocycles. The Labute approximate surface area is 193 Å². The van der Waals surface area contributed by atoms with Crippen LogP contribution in [0.1, 0.15) is 64.9 Å². The molecule has 2 heterocycles. The maximum atomic E-state index is 12.5. The zero-order chi connectivity index (χ0) is 23.0. The molecule has 3 aromatic rings. The molecule has 0 aliphatic heterocycles. The van der Waals surface area contributed by atoms with Crippen LogP contribution in [0.25, 0.3) is 11.5 Å². The molecule has 1 saturated carbocycles. The summed E-state index contributed by atoms with van der Waals surface area (Å²) in [7, 11) is 1.79. The second-order valence-electron chi connectivity index (χ2n) is 8.46. The van der Waals surface area contributed by atoms with Crippen LogP contribution in [-0.2, 0) is 4.74 Å². The lowest BCUT2D eigenvalue weighted by Gasteiger charge is -2.27. The molecular formula is C26H29N3O4. The number of nitrogens with one attached hydrogen (secondary N) is 1. The second kappa shape index (κ2) is 11.0. The Balaban J connectivity index is 1.26. The molecule has 0 atom stereocenters. The van der Waals surface area contributed by atoms with Crippen molar-refractivity contribution in [3.05, 3.63) is 71.9 Å². The van der Waals surface area contributed by atoms with Crippen molar-refractivity contribution >= 4 is 11.7 Å². The average molecular weight is 448 g/mol. The number of oxazole rings is 1. The van der Waals surface area contributed by atoms with E-state index in [1.54, 1.807) is 55.9 Å². The van der Waals surface area contributed by atoms with Crippen molar-refractivity contribution in [3.8, 4) is 11.5 Å². The lowest BCUT2D eigenvalue weighted by Crippen LogP contribution is -2.26. The Hall–Kier alpha value is -3.32. The van der Waals surface area contributed by atoms with Crippen LogP contribution in [0.15, 0.2) is 59.5 Å². The Kier molecular flexibility index (Phi) is 7.62. The van der Waals surface area contributed by atoms with Gasteiger partial charge in [-0.05, 0) is 68.7 Å². The van der Waals surface area contributed by atoms with Crippen LogP contribution in [0.5, 0.6) is 0 Å². The number of hydrogen-bond acceptors (Lipinski definition) is 6. The number of hydrogen-bond donors (Lipinski definition) is 1. The zero-order valence-electron chi connectivity index (χ0n) is 18.8. The molecule has 0 saturated heterocycles. The number of carbonyl (C=O) groups excluding carboxylic acids is 2. The van der Waals surface area contributed by atoms with Crippen molar-refractivity contribution in [1.82, 2.24) is 15.3 Å². The normalized spacial score (nSPS) is 18.1. The summed E-state index contributed by atoms with van der Waals surface area (Å²) < 4.78 is 10.9. The summed E-state index contributed by atoms with van der Waals surface area (Å²) in [5, 5.41) is 2.93. The highest BCUT2D eigenvalue weighted by atomic mass is 16.5. The van der Waals surface area contributed by atoms with Gasteiger partial charge in [-0.25, -0.2) is 4.98 Å². The van der Waals surface area contributed by atoms with Gasteiger partial charge in [-0.3, -0.25) is 14.6 Å². The number of aromatic nitrogens is 2. The highest BCUT2D eigenvalue weighted by Gasteiger charge is 2.20. The third kappa shape index (κ3) is 5.93. The molecule has 1 fully saturated rings. The molecule has 0 radical (unpaired) electrons. The van der Waals surface area contributed by atoms with E-state index in [1.165, 1.54) is 19.1 Å². The van der Waals surface area contributed by atoms with E-state index in [9.17, 15) is 9.59 Å². The van der Waals surface area contributed by atoms with Gasteiger partial charge >= 0.3 is 0 Å². The smallest absolute Gasteiger partial charge is 0.273 e. The number of nitrogens with zero attached hydrogens (tertiary/aromatic N) is 2.